The Bertz CT molecular complexity index is 3380. The highest BCUT2D eigenvalue weighted by atomic mass is 16.7. The van der Waals surface area contributed by atoms with Crippen molar-refractivity contribution in [3.05, 3.63) is 180 Å². The van der Waals surface area contributed by atoms with E-state index in [-0.39, 0.29) is 70.8 Å². The number of aromatic nitrogens is 6. The minimum absolute atomic E-state index is 0.0409. The van der Waals surface area contributed by atoms with Crippen LogP contribution in [0.4, 0.5) is 0 Å². The highest BCUT2D eigenvalue weighted by molar-refractivity contribution is 6.75. The molecule has 1 aliphatic rings. The second-order valence-electron chi connectivity index (χ2n) is 20.0. The van der Waals surface area contributed by atoms with Crippen LogP contribution in [-0.2, 0) is 47.4 Å². The maximum atomic E-state index is 15.2. The van der Waals surface area contributed by atoms with Crippen LogP contribution in [0.15, 0.2) is 146 Å². The van der Waals surface area contributed by atoms with Gasteiger partial charge in [-0.1, -0.05) is 132 Å². The molecule has 6 N–H and O–H groups in total. The fraction of sp³-hybridized carbons (Fsp3) is 0.368. The molecule has 1 saturated heterocycles. The number of carbonyl (C=O) groups is 6. The number of hydrogen-bond donors (Lipinski definition) is 6. The van der Waals surface area contributed by atoms with Crippen molar-refractivity contribution in [1.82, 2.24) is 61.8 Å². The molecule has 0 aliphatic carbocycles. The van der Waals surface area contributed by atoms with Crippen molar-refractivity contribution in [3.63, 3.8) is 0 Å². The average molecular weight is 1110 g/mol. The van der Waals surface area contributed by atoms with E-state index in [1.165, 1.54) is 37.2 Å². The number of nitrogens with one attached hydrogen (secondary N) is 6. The van der Waals surface area contributed by atoms with Crippen molar-refractivity contribution < 1.29 is 63.0 Å². The molecule has 1 aliphatic heterocycles. The van der Waals surface area contributed by atoms with Gasteiger partial charge in [0.1, 0.15) is 35.2 Å². The van der Waals surface area contributed by atoms with Gasteiger partial charge in [-0.25, -0.2) is 15.0 Å². The van der Waals surface area contributed by atoms with E-state index in [0.717, 1.165) is 18.6 Å². The third kappa shape index (κ3) is 19.0. The van der Waals surface area contributed by atoms with Gasteiger partial charge in [0.2, 0.25) is 17.7 Å². The maximum absolute atomic E-state index is 15.2. The minimum atomic E-state index is -1.75. The average Bonchev–Trinajstić information content (AvgIpc) is 0.850. The lowest BCUT2D eigenvalue weighted by Crippen LogP contribution is -2.69. The van der Waals surface area contributed by atoms with Crippen LogP contribution in [0, 0.1) is 17.8 Å². The molecule has 0 saturated carbocycles. The number of amides is 6. The normalized spacial score (nSPS) is 17.3. The summed E-state index contributed by atoms with van der Waals surface area (Å²) < 4.78 is 148. The first-order valence-electron chi connectivity index (χ1n) is 33.5. The number of nitrogens with zero attached hydrogens (tertiary/aromatic N) is 6. The zero-order chi connectivity index (χ0) is 70.7. The van der Waals surface area contributed by atoms with Gasteiger partial charge >= 0.3 is 21.4 Å². The van der Waals surface area contributed by atoms with Crippen molar-refractivity contribution >= 4 is 56.8 Å². The molecular weight excluding hydrogens is 1030 g/mol. The highest BCUT2D eigenvalue weighted by Gasteiger charge is 2.52. The third-order valence-electron chi connectivity index (χ3n) is 12.1. The summed E-state index contributed by atoms with van der Waals surface area (Å²) in [5.41, 5.74) is -1.84. The Hall–Kier alpha value is -8.21. The first kappa shape index (κ1) is 42.7. The topological polar surface area (TPSA) is 280 Å². The van der Waals surface area contributed by atoms with Crippen molar-refractivity contribution in [2.24, 2.45) is 17.8 Å². The summed E-state index contributed by atoms with van der Waals surface area (Å²) >= 11 is 0. The summed E-state index contributed by atoms with van der Waals surface area (Å²) in [5.74, 6) is -11.1. The number of carbonyl (C=O) groups excluding carboxylic acids is 6. The molecule has 0 unspecified atom stereocenters. The Morgan fingerprint density at radius 3 is 0.889 bits per heavy atom. The number of rotatable bonds is 27. The van der Waals surface area contributed by atoms with E-state index in [4.69, 9.17) is 34.3 Å². The molecular formula is C57H69B3N12O9. The molecule has 0 bridgehead atoms. The zero-order valence-electron chi connectivity index (χ0n) is 60.2. The van der Waals surface area contributed by atoms with Gasteiger partial charge in [-0.3, -0.25) is 43.7 Å². The largest absolute Gasteiger partial charge is 0.453 e. The van der Waals surface area contributed by atoms with E-state index < -0.39 is 203 Å². The van der Waals surface area contributed by atoms with Crippen molar-refractivity contribution in [2.75, 3.05) is 0 Å². The second kappa shape index (κ2) is 30.4. The van der Waals surface area contributed by atoms with Crippen LogP contribution in [0.25, 0.3) is 0 Å². The van der Waals surface area contributed by atoms with Crippen molar-refractivity contribution in [3.8, 4) is 0 Å². The van der Waals surface area contributed by atoms with E-state index in [2.05, 4.69) is 61.8 Å². The minimum Gasteiger partial charge on any atom is -0.450 e. The lowest BCUT2D eigenvalue weighted by Gasteiger charge is -2.41. The summed E-state index contributed by atoms with van der Waals surface area (Å²) in [4.78, 5) is 111. The lowest BCUT2D eigenvalue weighted by molar-refractivity contribution is -0.124. The molecule has 24 heteroatoms. The van der Waals surface area contributed by atoms with Gasteiger partial charge in [0, 0.05) is 56.4 Å². The van der Waals surface area contributed by atoms with Crippen molar-refractivity contribution in [2.45, 2.75) is 116 Å². The van der Waals surface area contributed by atoms with Crippen LogP contribution in [0.1, 0.15) is 130 Å². The first-order valence-corrected chi connectivity index (χ1v) is 26.0. The van der Waals surface area contributed by atoms with Crippen LogP contribution in [0.2, 0.25) is 0 Å². The molecule has 6 atom stereocenters. The fourth-order valence-electron chi connectivity index (χ4n) is 8.47. The third-order valence-corrected chi connectivity index (χ3v) is 12.1. The number of benzene rings is 3. The SMILES string of the molecule is [2H]c1c([2H])c([2H])c(C[C@H](NC(=O)c2cnccn2)C(=O)N[C@@H](CC(C)C)B2OB([C@H](CC(C)C)NC(=O)[C@H](Cc3c([2H])c([2H])c([2H])c([2H])c3[2H])NC(=O)c3cnccn3)OB([C@H](CC(C)C)NC(=O)[C@H](Cc3c([2H])c([2H])c([2H])c([2H])c3[2H])NC(=O)c3cnccn3)O2)c([2H])c1[2H]. The van der Waals surface area contributed by atoms with Crippen LogP contribution < -0.4 is 31.9 Å². The fourth-order valence-corrected chi connectivity index (χ4v) is 8.47. The van der Waals surface area contributed by atoms with Gasteiger partial charge in [0.05, 0.1) is 57.0 Å². The van der Waals surface area contributed by atoms with Gasteiger partial charge in [-0.15, -0.1) is 0 Å². The van der Waals surface area contributed by atoms with E-state index >= 15 is 14.4 Å². The summed E-state index contributed by atoms with van der Waals surface area (Å²) in [6.45, 7) is 10.6. The zero-order valence-corrected chi connectivity index (χ0v) is 45.2. The van der Waals surface area contributed by atoms with Gasteiger partial charge < -0.3 is 45.6 Å². The molecule has 420 valence electrons. The Labute approximate surface area is 494 Å². The maximum Gasteiger partial charge on any atom is 0.453 e. The predicted molar refractivity (Wildman–Crippen MR) is 305 cm³/mol. The van der Waals surface area contributed by atoms with E-state index in [9.17, 15) is 14.4 Å². The van der Waals surface area contributed by atoms with E-state index in [1.807, 2.05) is 0 Å². The Morgan fingerprint density at radius 2 is 0.667 bits per heavy atom. The Kier molecular flexibility index (Phi) is 16.0. The molecule has 7 rings (SSSR count). The van der Waals surface area contributed by atoms with Crippen LogP contribution in [0.5, 0.6) is 0 Å². The monoisotopic (exact) mass is 1110 g/mol. The smallest absolute Gasteiger partial charge is 0.450 e. The quantitative estimate of drug-likeness (QED) is 0.0394. The predicted octanol–water partition coefficient (Wildman–Crippen LogP) is 4.22. The van der Waals surface area contributed by atoms with Crippen LogP contribution in [-0.4, -0.2) is 123 Å². The van der Waals surface area contributed by atoms with Gasteiger partial charge in [0.15, 0.2) is 0 Å². The molecule has 3 aromatic heterocycles. The molecule has 3 aromatic carbocycles. The summed E-state index contributed by atoms with van der Waals surface area (Å²) in [7, 11) is -5.15. The molecule has 6 amide bonds. The first-order chi connectivity index (χ1) is 45.3. The van der Waals surface area contributed by atoms with Gasteiger partial charge in [0.25, 0.3) is 17.7 Å². The molecule has 81 heavy (non-hydrogen) atoms. The Morgan fingerprint density at radius 1 is 0.407 bits per heavy atom. The second-order valence-corrected chi connectivity index (χ2v) is 20.0. The van der Waals surface area contributed by atoms with E-state index in [1.54, 1.807) is 41.5 Å². The number of hydrogen-bond acceptors (Lipinski definition) is 15. The van der Waals surface area contributed by atoms with Crippen LogP contribution in [0.3, 0.4) is 0 Å². The lowest BCUT2D eigenvalue weighted by atomic mass is 9.58. The summed E-state index contributed by atoms with van der Waals surface area (Å²) in [6.07, 6.45) is 8.61. The molecule has 21 nitrogen and oxygen atoms in total. The van der Waals surface area contributed by atoms with Crippen LogP contribution >= 0.6 is 0 Å². The molecule has 0 radical (unpaired) electrons. The van der Waals surface area contributed by atoms with E-state index in [0.29, 0.717) is 0 Å². The summed E-state index contributed by atoms with van der Waals surface area (Å²) in [5, 5.41) is 16.3. The molecule has 4 heterocycles. The molecule has 0 spiro atoms. The Balaban J connectivity index is 1.36. The van der Waals surface area contributed by atoms with Gasteiger partial charge in [-0.2, -0.15) is 0 Å². The standard InChI is InChI=1S/C57H69B3N12O9/c1-37(2)28-49(70-52(73)43(31-40-16-10-7-11-17-40)67-55(76)46-34-61-22-25-64-46)58-79-59(50(29-38(3)4)71-53(74)44(32-41-18-12-8-13-19-41)68-56(77)47-35-62-23-26-65-47)81-60(80-58)51(30-39(5)6)72-54(75)45(33-42-20-14-9-15-21-42)69-57(78)48-36-63-24-27-66-48/h7-27,34-39,43-45,49-51H,28-33H2,1-6H3,(H,67,76)(H,68,77)(H,69,78)(H,70,73)(H,71,74)(H,72,75)/t43-,44-,45-,49-,50-,51-/m0/s1/i7D,8D,9D,10D,11D,12D,13D,14D,15D,16D,17D,18D,19D,20D,21D. The molecule has 6 aromatic rings. The highest BCUT2D eigenvalue weighted by Crippen LogP contribution is 2.25. The molecule has 1 fully saturated rings. The van der Waals surface area contributed by atoms with Crippen molar-refractivity contribution in [1.29, 1.82) is 0 Å². The summed E-state index contributed by atoms with van der Waals surface area (Å²) in [6, 6.07) is -15.8. The van der Waals surface area contributed by atoms with Gasteiger partial charge in [-0.05, 0) is 53.7 Å².